The van der Waals surface area contributed by atoms with Crippen molar-refractivity contribution in [1.29, 1.82) is 0 Å². The summed E-state index contributed by atoms with van der Waals surface area (Å²) in [5, 5.41) is 7.13. The van der Waals surface area contributed by atoms with Crippen LogP contribution >= 0.6 is 0 Å². The van der Waals surface area contributed by atoms with Gasteiger partial charge in [-0.05, 0) is 49.7 Å². The molecule has 7 nitrogen and oxygen atoms in total. The summed E-state index contributed by atoms with van der Waals surface area (Å²) in [5.41, 5.74) is 4.23. The second-order valence-corrected chi connectivity index (χ2v) is 6.37. The third-order valence-electron chi connectivity index (χ3n) is 4.61. The highest BCUT2D eigenvalue weighted by Crippen LogP contribution is 2.16. The van der Waals surface area contributed by atoms with E-state index in [9.17, 15) is 9.59 Å². The molecule has 4 aromatic rings. The minimum Gasteiger partial charge on any atom is -0.348 e. The van der Waals surface area contributed by atoms with Crippen LogP contribution in [0.25, 0.3) is 16.6 Å². The number of aryl methyl sites for hydroxylation is 2. The average Bonchev–Trinajstić information content (AvgIpc) is 3.18. The van der Waals surface area contributed by atoms with Crippen LogP contribution in [0.4, 0.5) is 0 Å². The normalized spacial score (nSPS) is 11.2. The van der Waals surface area contributed by atoms with E-state index in [-0.39, 0.29) is 11.5 Å². The Morgan fingerprint density at radius 1 is 1.11 bits per heavy atom. The van der Waals surface area contributed by atoms with Gasteiger partial charge in [-0.1, -0.05) is 6.07 Å². The number of pyridine rings is 1. The first-order valence-electron chi connectivity index (χ1n) is 8.78. The number of benzene rings is 1. The number of carbonyl (C=O) groups is 1. The maximum atomic E-state index is 12.6. The van der Waals surface area contributed by atoms with Gasteiger partial charge in [-0.15, -0.1) is 0 Å². The highest BCUT2D eigenvalue weighted by Gasteiger charge is 2.13. The van der Waals surface area contributed by atoms with E-state index in [2.05, 4.69) is 15.4 Å². The second kappa shape index (κ2) is 6.68. The van der Waals surface area contributed by atoms with Gasteiger partial charge in [0.2, 0.25) is 0 Å². The molecule has 1 amide bonds. The van der Waals surface area contributed by atoms with Crippen molar-refractivity contribution in [2.24, 2.45) is 0 Å². The van der Waals surface area contributed by atoms with Crippen LogP contribution in [0, 0.1) is 6.92 Å². The van der Waals surface area contributed by atoms with Gasteiger partial charge in [-0.3, -0.25) is 14.6 Å². The fourth-order valence-corrected chi connectivity index (χ4v) is 3.17. The second-order valence-electron chi connectivity index (χ2n) is 6.37. The van der Waals surface area contributed by atoms with E-state index in [0.29, 0.717) is 29.7 Å². The predicted octanol–water partition coefficient (Wildman–Crippen LogP) is 2.30. The van der Waals surface area contributed by atoms with E-state index >= 15 is 0 Å². The molecule has 0 spiro atoms. The van der Waals surface area contributed by atoms with Crippen LogP contribution in [0.5, 0.6) is 0 Å². The van der Waals surface area contributed by atoms with E-state index in [1.54, 1.807) is 39.7 Å². The minimum absolute atomic E-state index is 0.120. The fourth-order valence-electron chi connectivity index (χ4n) is 3.17. The number of aromatic nitrogens is 4. The number of fused-ring (bicyclic) bond motifs is 3. The molecule has 3 heterocycles. The zero-order valence-corrected chi connectivity index (χ0v) is 15.1. The summed E-state index contributed by atoms with van der Waals surface area (Å²) in [6.45, 7) is 4.73. The molecular weight excluding hydrogens is 342 g/mol. The Morgan fingerprint density at radius 2 is 1.96 bits per heavy atom. The van der Waals surface area contributed by atoms with Crippen molar-refractivity contribution in [3.63, 3.8) is 0 Å². The number of hydrogen-bond donors (Lipinski definition) is 1. The van der Waals surface area contributed by atoms with Crippen LogP contribution in [0.15, 0.2) is 53.6 Å². The standard InChI is InChI=1S/C20H19N5O2/c1-3-24-18-10-15(19(26)22-12-14-5-4-13(2)21-11-14)6-7-16(18)25-17(20(24)27)8-9-23-25/h4-11H,3,12H2,1-2H3,(H,22,26). The van der Waals surface area contributed by atoms with Gasteiger partial charge in [0.05, 0.1) is 17.2 Å². The lowest BCUT2D eigenvalue weighted by atomic mass is 10.1. The van der Waals surface area contributed by atoms with Crippen LogP contribution in [-0.4, -0.2) is 25.1 Å². The van der Waals surface area contributed by atoms with Gasteiger partial charge >= 0.3 is 0 Å². The molecule has 0 fully saturated rings. The van der Waals surface area contributed by atoms with E-state index in [1.165, 1.54) is 0 Å². The zero-order chi connectivity index (χ0) is 19.0. The predicted molar refractivity (Wildman–Crippen MR) is 103 cm³/mol. The van der Waals surface area contributed by atoms with Crippen LogP contribution < -0.4 is 10.9 Å². The lowest BCUT2D eigenvalue weighted by Crippen LogP contribution is -2.25. The van der Waals surface area contributed by atoms with Gasteiger partial charge in [-0.25, -0.2) is 4.52 Å². The molecule has 4 rings (SSSR count). The largest absolute Gasteiger partial charge is 0.348 e. The topological polar surface area (TPSA) is 81.3 Å². The summed E-state index contributed by atoms with van der Waals surface area (Å²) in [6.07, 6.45) is 3.35. The van der Waals surface area contributed by atoms with Crippen LogP contribution in [0.1, 0.15) is 28.5 Å². The van der Waals surface area contributed by atoms with Gasteiger partial charge in [0, 0.05) is 30.5 Å². The molecule has 0 atom stereocenters. The summed E-state index contributed by atoms with van der Waals surface area (Å²) < 4.78 is 3.27. The smallest absolute Gasteiger partial charge is 0.277 e. The molecule has 1 N–H and O–H groups in total. The molecule has 0 aliphatic carbocycles. The summed E-state index contributed by atoms with van der Waals surface area (Å²) in [4.78, 5) is 29.5. The molecule has 27 heavy (non-hydrogen) atoms. The van der Waals surface area contributed by atoms with Gasteiger partial charge in [0.25, 0.3) is 11.5 Å². The zero-order valence-electron chi connectivity index (χ0n) is 15.1. The monoisotopic (exact) mass is 361 g/mol. The molecule has 0 radical (unpaired) electrons. The molecule has 136 valence electrons. The Labute approximate surface area is 155 Å². The van der Waals surface area contributed by atoms with Gasteiger partial charge in [-0.2, -0.15) is 5.10 Å². The number of rotatable bonds is 4. The van der Waals surface area contributed by atoms with Gasteiger partial charge in [0.1, 0.15) is 5.52 Å². The number of nitrogens with one attached hydrogen (secondary N) is 1. The maximum Gasteiger partial charge on any atom is 0.277 e. The first-order chi connectivity index (χ1) is 13.1. The highest BCUT2D eigenvalue weighted by molar-refractivity contribution is 5.97. The van der Waals surface area contributed by atoms with Crippen molar-refractivity contribution in [2.45, 2.75) is 26.9 Å². The number of amides is 1. The summed E-state index contributed by atoms with van der Waals surface area (Å²) in [7, 11) is 0. The SMILES string of the molecule is CCn1c(=O)c2ccnn2c2ccc(C(=O)NCc3ccc(C)nc3)cc21. The Morgan fingerprint density at radius 3 is 2.70 bits per heavy atom. The van der Waals surface area contributed by atoms with E-state index < -0.39 is 0 Å². The Bertz CT molecular complexity index is 1200. The van der Waals surface area contributed by atoms with Crippen molar-refractivity contribution in [3.8, 4) is 0 Å². The quantitative estimate of drug-likeness (QED) is 0.605. The number of carbonyl (C=O) groups excluding carboxylic acids is 1. The highest BCUT2D eigenvalue weighted by atomic mass is 16.1. The van der Waals surface area contributed by atoms with Crippen molar-refractivity contribution in [1.82, 2.24) is 24.5 Å². The van der Waals surface area contributed by atoms with E-state index in [4.69, 9.17) is 0 Å². The molecule has 1 aromatic carbocycles. The molecule has 3 aromatic heterocycles. The molecule has 0 saturated heterocycles. The molecule has 7 heteroatoms. The number of hydrogen-bond acceptors (Lipinski definition) is 4. The first-order valence-corrected chi connectivity index (χ1v) is 8.78. The van der Waals surface area contributed by atoms with Crippen LogP contribution in [-0.2, 0) is 13.1 Å². The molecule has 0 saturated carbocycles. The van der Waals surface area contributed by atoms with Crippen LogP contribution in [0.3, 0.4) is 0 Å². The maximum absolute atomic E-state index is 12.6. The number of nitrogens with zero attached hydrogens (tertiary/aromatic N) is 4. The molecule has 0 aliphatic rings. The van der Waals surface area contributed by atoms with Gasteiger partial charge in [0.15, 0.2) is 0 Å². The summed E-state index contributed by atoms with van der Waals surface area (Å²) in [6, 6.07) is 10.9. The Hall–Kier alpha value is -3.48. The summed E-state index contributed by atoms with van der Waals surface area (Å²) in [5.74, 6) is -0.201. The molecular formula is C20H19N5O2. The van der Waals surface area contributed by atoms with Crippen molar-refractivity contribution in [2.75, 3.05) is 0 Å². The minimum atomic E-state index is -0.201. The van der Waals surface area contributed by atoms with E-state index in [0.717, 1.165) is 16.8 Å². The van der Waals surface area contributed by atoms with Crippen LogP contribution in [0.2, 0.25) is 0 Å². The molecule has 0 bridgehead atoms. The van der Waals surface area contributed by atoms with Crippen molar-refractivity contribution >= 4 is 22.5 Å². The third-order valence-corrected chi connectivity index (χ3v) is 4.61. The molecule has 0 aliphatic heterocycles. The van der Waals surface area contributed by atoms with Gasteiger partial charge < -0.3 is 9.88 Å². The van der Waals surface area contributed by atoms with Crippen molar-refractivity contribution in [3.05, 3.63) is 76.0 Å². The Kier molecular flexibility index (Phi) is 4.19. The lowest BCUT2D eigenvalue weighted by molar-refractivity contribution is 0.0951. The third kappa shape index (κ3) is 2.97. The first kappa shape index (κ1) is 17.0. The van der Waals surface area contributed by atoms with E-state index in [1.807, 2.05) is 32.0 Å². The van der Waals surface area contributed by atoms with Crippen molar-refractivity contribution < 1.29 is 4.79 Å². The Balaban J connectivity index is 1.70. The average molecular weight is 361 g/mol. The summed E-state index contributed by atoms with van der Waals surface area (Å²) >= 11 is 0. The molecule has 0 unspecified atom stereocenters. The lowest BCUT2D eigenvalue weighted by Gasteiger charge is -2.12. The fraction of sp³-hybridized carbons (Fsp3) is 0.200.